The normalized spacial score (nSPS) is 12.5. The van der Waals surface area contributed by atoms with E-state index in [1.54, 1.807) is 0 Å². The van der Waals surface area contributed by atoms with Crippen molar-refractivity contribution in [1.82, 2.24) is 4.98 Å². The van der Waals surface area contributed by atoms with Crippen LogP contribution in [0.15, 0.2) is 66.9 Å². The Morgan fingerprint density at radius 3 is 2.39 bits per heavy atom. The lowest BCUT2D eigenvalue weighted by Crippen LogP contribution is -1.96. The summed E-state index contributed by atoms with van der Waals surface area (Å²) in [6.07, 6.45) is 1.99. The lowest BCUT2D eigenvalue weighted by Gasteiger charge is -2.12. The monoisotopic (exact) mass is 233 g/mol. The van der Waals surface area contributed by atoms with Crippen molar-refractivity contribution < 1.29 is 0 Å². The number of benzene rings is 2. The number of nitrogens with zero attached hydrogens (tertiary/aromatic N) is 1. The van der Waals surface area contributed by atoms with E-state index in [-0.39, 0.29) is 0 Å². The van der Waals surface area contributed by atoms with E-state index < -0.39 is 0 Å². The van der Waals surface area contributed by atoms with E-state index in [4.69, 9.17) is 0 Å². The van der Waals surface area contributed by atoms with Gasteiger partial charge in [0, 0.05) is 17.5 Å². The molecule has 1 heteroatoms. The van der Waals surface area contributed by atoms with Crippen molar-refractivity contribution in [3.05, 3.63) is 78.0 Å². The number of para-hydroxylation sites is 1. The topological polar surface area (TPSA) is 12.9 Å². The van der Waals surface area contributed by atoms with Crippen LogP contribution in [0.3, 0.4) is 0 Å². The van der Waals surface area contributed by atoms with Crippen molar-refractivity contribution in [2.45, 2.75) is 12.8 Å². The van der Waals surface area contributed by atoms with Gasteiger partial charge in [-0.25, -0.2) is 0 Å². The molecule has 3 aromatic rings. The van der Waals surface area contributed by atoms with Gasteiger partial charge in [-0.05, 0) is 23.3 Å². The molecule has 0 saturated carbocycles. The molecule has 3 rings (SSSR count). The summed E-state index contributed by atoms with van der Waals surface area (Å²) in [6, 6.07) is 21.0. The van der Waals surface area contributed by atoms with Crippen LogP contribution in [0.2, 0.25) is 0 Å². The second-order valence-corrected chi connectivity index (χ2v) is 4.59. The van der Waals surface area contributed by atoms with E-state index in [9.17, 15) is 0 Å². The number of rotatable bonds is 2. The predicted octanol–water partition coefficient (Wildman–Crippen LogP) is 4.39. The zero-order chi connectivity index (χ0) is 12.4. The van der Waals surface area contributed by atoms with E-state index in [0.29, 0.717) is 5.92 Å². The van der Waals surface area contributed by atoms with Crippen molar-refractivity contribution >= 4 is 10.9 Å². The number of fused-ring (bicyclic) bond motifs is 1. The van der Waals surface area contributed by atoms with Gasteiger partial charge < -0.3 is 0 Å². The van der Waals surface area contributed by atoms with Gasteiger partial charge in [-0.3, -0.25) is 4.98 Å². The first-order valence-electron chi connectivity index (χ1n) is 6.24. The summed E-state index contributed by atoms with van der Waals surface area (Å²) in [6.45, 7) is 2.22. The van der Waals surface area contributed by atoms with Crippen LogP contribution in [0.5, 0.6) is 0 Å². The molecule has 0 amide bonds. The van der Waals surface area contributed by atoms with Gasteiger partial charge in [0.15, 0.2) is 0 Å². The molecular formula is C17H15N. The van der Waals surface area contributed by atoms with Gasteiger partial charge in [-0.1, -0.05) is 55.5 Å². The average molecular weight is 233 g/mol. The fourth-order valence-corrected chi connectivity index (χ4v) is 2.26. The second kappa shape index (κ2) is 4.61. The van der Waals surface area contributed by atoms with Gasteiger partial charge in [-0.2, -0.15) is 0 Å². The summed E-state index contributed by atoms with van der Waals surface area (Å²) in [5.74, 6) is 0.378. The lowest BCUT2D eigenvalue weighted by molar-refractivity contribution is 0.916. The molecule has 0 saturated heterocycles. The molecule has 0 N–H and O–H groups in total. The van der Waals surface area contributed by atoms with Crippen LogP contribution in [0.4, 0.5) is 0 Å². The third-order valence-corrected chi connectivity index (χ3v) is 3.41. The van der Waals surface area contributed by atoms with Crippen molar-refractivity contribution in [3.63, 3.8) is 0 Å². The summed E-state index contributed by atoms with van der Waals surface area (Å²) < 4.78 is 0. The van der Waals surface area contributed by atoms with Gasteiger partial charge in [0.05, 0.1) is 5.52 Å². The summed E-state index contributed by atoms with van der Waals surface area (Å²) in [5.41, 5.74) is 3.65. The highest BCUT2D eigenvalue weighted by Gasteiger charge is 2.08. The summed E-state index contributed by atoms with van der Waals surface area (Å²) in [4.78, 5) is 4.53. The minimum Gasteiger partial charge on any atom is -0.256 e. The fraction of sp³-hybridized carbons (Fsp3) is 0.118. The van der Waals surface area contributed by atoms with Crippen LogP contribution in [0.25, 0.3) is 10.9 Å². The minimum atomic E-state index is 0.378. The van der Waals surface area contributed by atoms with Crippen LogP contribution >= 0.6 is 0 Å². The molecule has 0 fully saturated rings. The fourth-order valence-electron chi connectivity index (χ4n) is 2.26. The molecule has 1 heterocycles. The molecule has 1 nitrogen and oxygen atoms in total. The molecule has 0 aliphatic carbocycles. The maximum Gasteiger partial charge on any atom is 0.0702 e. The van der Waals surface area contributed by atoms with E-state index in [1.165, 1.54) is 16.5 Å². The van der Waals surface area contributed by atoms with Crippen LogP contribution in [0.1, 0.15) is 24.0 Å². The highest BCUT2D eigenvalue weighted by atomic mass is 14.6. The quantitative estimate of drug-likeness (QED) is 0.639. The molecule has 1 aromatic heterocycles. The highest BCUT2D eigenvalue weighted by Crippen LogP contribution is 2.25. The Labute approximate surface area is 107 Å². The van der Waals surface area contributed by atoms with Gasteiger partial charge in [0.1, 0.15) is 0 Å². The first kappa shape index (κ1) is 11.0. The zero-order valence-electron chi connectivity index (χ0n) is 10.4. The summed E-state index contributed by atoms with van der Waals surface area (Å²) in [5, 5.41) is 1.21. The van der Waals surface area contributed by atoms with Gasteiger partial charge in [0.25, 0.3) is 0 Å². The summed E-state index contributed by atoms with van der Waals surface area (Å²) in [7, 11) is 0. The molecule has 88 valence electrons. The Hall–Kier alpha value is -2.15. The van der Waals surface area contributed by atoms with E-state index >= 15 is 0 Å². The summed E-state index contributed by atoms with van der Waals surface area (Å²) >= 11 is 0. The van der Waals surface area contributed by atoms with Crippen molar-refractivity contribution in [1.29, 1.82) is 0 Å². The Balaban J connectivity index is 2.04. The third kappa shape index (κ3) is 2.00. The molecule has 1 unspecified atom stereocenters. The van der Waals surface area contributed by atoms with Gasteiger partial charge in [0.2, 0.25) is 0 Å². The van der Waals surface area contributed by atoms with Crippen molar-refractivity contribution in [3.8, 4) is 0 Å². The zero-order valence-corrected chi connectivity index (χ0v) is 10.4. The van der Waals surface area contributed by atoms with Gasteiger partial charge >= 0.3 is 0 Å². The molecule has 0 spiro atoms. The molecule has 0 aliphatic heterocycles. The van der Waals surface area contributed by atoms with Crippen molar-refractivity contribution in [2.24, 2.45) is 0 Å². The Morgan fingerprint density at radius 2 is 1.56 bits per heavy atom. The highest BCUT2D eigenvalue weighted by molar-refractivity contribution is 5.78. The largest absolute Gasteiger partial charge is 0.256 e. The SMILES string of the molecule is CC(c1ccccc1)c1cnc2ccccc2c1. The van der Waals surface area contributed by atoms with E-state index in [2.05, 4.69) is 60.4 Å². The number of pyridine rings is 1. The smallest absolute Gasteiger partial charge is 0.0702 e. The molecule has 0 radical (unpaired) electrons. The van der Waals surface area contributed by atoms with E-state index in [0.717, 1.165) is 5.52 Å². The van der Waals surface area contributed by atoms with Crippen LogP contribution in [-0.4, -0.2) is 4.98 Å². The molecular weight excluding hydrogens is 218 g/mol. The Kier molecular flexibility index (Phi) is 2.81. The minimum absolute atomic E-state index is 0.378. The molecule has 0 bridgehead atoms. The first-order valence-corrected chi connectivity index (χ1v) is 6.24. The standard InChI is InChI=1S/C17H15N/c1-13(14-7-3-2-4-8-14)16-11-15-9-5-6-10-17(15)18-12-16/h2-13H,1H3. The molecule has 2 aromatic carbocycles. The van der Waals surface area contributed by atoms with Gasteiger partial charge in [-0.15, -0.1) is 0 Å². The van der Waals surface area contributed by atoms with Crippen LogP contribution in [-0.2, 0) is 0 Å². The number of hydrogen-bond donors (Lipinski definition) is 0. The Bertz CT molecular complexity index is 659. The lowest BCUT2D eigenvalue weighted by atomic mass is 9.94. The maximum atomic E-state index is 4.53. The maximum absolute atomic E-state index is 4.53. The number of aromatic nitrogens is 1. The van der Waals surface area contributed by atoms with Crippen LogP contribution < -0.4 is 0 Å². The van der Waals surface area contributed by atoms with E-state index in [1.807, 2.05) is 18.3 Å². The second-order valence-electron chi connectivity index (χ2n) is 4.59. The first-order chi connectivity index (χ1) is 8.84. The molecule has 18 heavy (non-hydrogen) atoms. The number of hydrogen-bond acceptors (Lipinski definition) is 1. The molecule has 1 atom stereocenters. The van der Waals surface area contributed by atoms with Crippen molar-refractivity contribution in [2.75, 3.05) is 0 Å². The average Bonchev–Trinajstić information content (AvgIpc) is 2.47. The predicted molar refractivity (Wildman–Crippen MR) is 75.7 cm³/mol. The third-order valence-electron chi connectivity index (χ3n) is 3.41. The molecule has 0 aliphatic rings. The Morgan fingerprint density at radius 1 is 0.833 bits per heavy atom. The van der Waals surface area contributed by atoms with Crippen LogP contribution in [0, 0.1) is 0 Å².